The molecule has 0 saturated carbocycles. The van der Waals surface area contributed by atoms with E-state index in [2.05, 4.69) is 15.1 Å². The van der Waals surface area contributed by atoms with Crippen molar-refractivity contribution in [2.45, 2.75) is 32.5 Å². The van der Waals surface area contributed by atoms with Gasteiger partial charge < -0.3 is 4.90 Å². The Labute approximate surface area is 146 Å². The van der Waals surface area contributed by atoms with Crippen LogP contribution >= 0.6 is 0 Å². The Morgan fingerprint density at radius 1 is 1.20 bits per heavy atom. The highest BCUT2D eigenvalue weighted by Gasteiger charge is 2.30. The Kier molecular flexibility index (Phi) is 4.01. The van der Waals surface area contributed by atoms with Gasteiger partial charge in [0.1, 0.15) is 6.04 Å². The fourth-order valence-corrected chi connectivity index (χ4v) is 3.19. The molecule has 3 heterocycles. The van der Waals surface area contributed by atoms with Crippen LogP contribution in [0.25, 0.3) is 11.4 Å². The van der Waals surface area contributed by atoms with Gasteiger partial charge in [-0.25, -0.2) is 9.97 Å². The van der Waals surface area contributed by atoms with Gasteiger partial charge in [-0.3, -0.25) is 9.48 Å². The Morgan fingerprint density at radius 2 is 2.04 bits per heavy atom. The summed E-state index contributed by atoms with van der Waals surface area (Å²) in [6.07, 6.45) is 6.08. The second-order valence-corrected chi connectivity index (χ2v) is 6.14. The standard InChI is InChI=1S/C19H19N5O/c1-2-17(24-10-6-9-21-24)19(25)23-12-15-11-20-18(22-16(15)13-23)14-7-4-3-5-8-14/h3-11,17H,2,12-13H2,1H3. The smallest absolute Gasteiger partial charge is 0.248 e. The maximum absolute atomic E-state index is 12.9. The summed E-state index contributed by atoms with van der Waals surface area (Å²) in [7, 11) is 0. The van der Waals surface area contributed by atoms with Crippen molar-refractivity contribution >= 4 is 5.91 Å². The first-order chi connectivity index (χ1) is 12.3. The molecule has 25 heavy (non-hydrogen) atoms. The molecule has 0 fully saturated rings. The number of fused-ring (bicyclic) bond motifs is 1. The molecule has 0 radical (unpaired) electrons. The number of aromatic nitrogens is 4. The van der Waals surface area contributed by atoms with Crippen LogP contribution in [0.1, 0.15) is 30.6 Å². The number of hydrogen-bond donors (Lipinski definition) is 0. The van der Waals surface area contributed by atoms with Crippen LogP contribution in [0.4, 0.5) is 0 Å². The van der Waals surface area contributed by atoms with E-state index in [0.29, 0.717) is 25.3 Å². The summed E-state index contributed by atoms with van der Waals surface area (Å²) < 4.78 is 1.73. The normalized spacial score (nSPS) is 14.4. The highest BCUT2D eigenvalue weighted by molar-refractivity contribution is 5.80. The summed E-state index contributed by atoms with van der Waals surface area (Å²) in [5.41, 5.74) is 2.93. The predicted molar refractivity (Wildman–Crippen MR) is 93.3 cm³/mol. The summed E-state index contributed by atoms with van der Waals surface area (Å²) in [5, 5.41) is 4.22. The summed E-state index contributed by atoms with van der Waals surface area (Å²) in [4.78, 5) is 23.9. The fraction of sp³-hybridized carbons (Fsp3) is 0.263. The molecule has 0 aliphatic carbocycles. The molecule has 0 saturated heterocycles. The minimum atomic E-state index is -0.272. The highest BCUT2D eigenvalue weighted by atomic mass is 16.2. The minimum Gasteiger partial charge on any atom is -0.330 e. The van der Waals surface area contributed by atoms with Crippen molar-refractivity contribution in [1.29, 1.82) is 0 Å². The maximum Gasteiger partial charge on any atom is 0.248 e. The van der Waals surface area contributed by atoms with Gasteiger partial charge >= 0.3 is 0 Å². The lowest BCUT2D eigenvalue weighted by molar-refractivity contribution is -0.135. The minimum absolute atomic E-state index is 0.0745. The number of carbonyl (C=O) groups excluding carboxylic acids is 1. The van der Waals surface area contributed by atoms with Crippen molar-refractivity contribution in [3.05, 3.63) is 66.2 Å². The third-order valence-corrected chi connectivity index (χ3v) is 4.52. The Morgan fingerprint density at radius 3 is 2.76 bits per heavy atom. The van der Waals surface area contributed by atoms with E-state index in [1.54, 1.807) is 10.9 Å². The second-order valence-electron chi connectivity index (χ2n) is 6.14. The second kappa shape index (κ2) is 6.47. The SMILES string of the molecule is CCC(C(=O)N1Cc2cnc(-c3ccccc3)nc2C1)n1cccn1. The molecule has 1 aromatic carbocycles. The van der Waals surface area contributed by atoms with Crippen LogP contribution in [-0.2, 0) is 17.9 Å². The topological polar surface area (TPSA) is 63.9 Å². The van der Waals surface area contributed by atoms with Crippen LogP contribution in [-0.4, -0.2) is 30.6 Å². The van der Waals surface area contributed by atoms with Crippen molar-refractivity contribution in [3.63, 3.8) is 0 Å². The number of amides is 1. The molecule has 1 amide bonds. The molecule has 1 unspecified atom stereocenters. The van der Waals surface area contributed by atoms with Gasteiger partial charge in [0.2, 0.25) is 5.91 Å². The van der Waals surface area contributed by atoms with Gasteiger partial charge in [-0.1, -0.05) is 37.3 Å². The third kappa shape index (κ3) is 2.91. The van der Waals surface area contributed by atoms with E-state index in [4.69, 9.17) is 0 Å². The van der Waals surface area contributed by atoms with E-state index in [0.717, 1.165) is 16.8 Å². The van der Waals surface area contributed by atoms with Crippen molar-refractivity contribution < 1.29 is 4.79 Å². The zero-order valence-corrected chi connectivity index (χ0v) is 14.0. The largest absolute Gasteiger partial charge is 0.330 e. The zero-order valence-electron chi connectivity index (χ0n) is 14.0. The average Bonchev–Trinajstić information content (AvgIpc) is 3.32. The highest BCUT2D eigenvalue weighted by Crippen LogP contribution is 2.26. The first-order valence-electron chi connectivity index (χ1n) is 8.44. The molecule has 4 rings (SSSR count). The maximum atomic E-state index is 12.9. The van der Waals surface area contributed by atoms with Gasteiger partial charge in [-0.2, -0.15) is 5.10 Å². The lowest BCUT2D eigenvalue weighted by Gasteiger charge is -2.22. The lowest BCUT2D eigenvalue weighted by Crippen LogP contribution is -2.33. The molecule has 0 spiro atoms. The molecule has 1 aliphatic rings. The fourth-order valence-electron chi connectivity index (χ4n) is 3.19. The van der Waals surface area contributed by atoms with Crippen molar-refractivity contribution in [2.75, 3.05) is 0 Å². The third-order valence-electron chi connectivity index (χ3n) is 4.52. The van der Waals surface area contributed by atoms with Gasteiger partial charge in [-0.15, -0.1) is 0 Å². The number of benzene rings is 1. The Hall–Kier alpha value is -3.02. The van der Waals surface area contributed by atoms with Crippen LogP contribution < -0.4 is 0 Å². The van der Waals surface area contributed by atoms with Crippen LogP contribution in [0, 0.1) is 0 Å². The first-order valence-corrected chi connectivity index (χ1v) is 8.44. The zero-order chi connectivity index (χ0) is 17.2. The quantitative estimate of drug-likeness (QED) is 0.736. The molecule has 1 atom stereocenters. The number of hydrogen-bond acceptors (Lipinski definition) is 4. The van der Waals surface area contributed by atoms with E-state index in [1.165, 1.54) is 0 Å². The van der Waals surface area contributed by atoms with Gasteiger partial charge in [0, 0.05) is 36.3 Å². The molecular weight excluding hydrogens is 314 g/mol. The summed E-state index contributed by atoms with van der Waals surface area (Å²) in [5.74, 6) is 0.776. The van der Waals surface area contributed by atoms with Gasteiger partial charge in [-0.05, 0) is 12.5 Å². The van der Waals surface area contributed by atoms with E-state index in [9.17, 15) is 4.79 Å². The summed E-state index contributed by atoms with van der Waals surface area (Å²) in [6, 6.07) is 11.5. The van der Waals surface area contributed by atoms with Crippen molar-refractivity contribution in [3.8, 4) is 11.4 Å². The van der Waals surface area contributed by atoms with Gasteiger partial charge in [0.25, 0.3) is 0 Å². The molecule has 6 nitrogen and oxygen atoms in total. The van der Waals surface area contributed by atoms with Crippen LogP contribution in [0.5, 0.6) is 0 Å². The van der Waals surface area contributed by atoms with Crippen LogP contribution in [0.3, 0.4) is 0 Å². The molecule has 1 aliphatic heterocycles. The monoisotopic (exact) mass is 333 g/mol. The van der Waals surface area contributed by atoms with E-state index in [-0.39, 0.29) is 11.9 Å². The first kappa shape index (κ1) is 15.5. The molecule has 2 aromatic heterocycles. The molecule has 0 bridgehead atoms. The molecule has 3 aromatic rings. The van der Waals surface area contributed by atoms with Crippen molar-refractivity contribution in [1.82, 2.24) is 24.6 Å². The van der Waals surface area contributed by atoms with E-state index < -0.39 is 0 Å². The number of nitrogens with zero attached hydrogens (tertiary/aromatic N) is 5. The predicted octanol–water partition coefficient (Wildman–Crippen LogP) is 2.83. The summed E-state index contributed by atoms with van der Waals surface area (Å²) in [6.45, 7) is 3.08. The summed E-state index contributed by atoms with van der Waals surface area (Å²) >= 11 is 0. The van der Waals surface area contributed by atoms with E-state index in [1.807, 2.05) is 60.6 Å². The lowest BCUT2D eigenvalue weighted by atomic mass is 10.2. The van der Waals surface area contributed by atoms with Gasteiger partial charge in [0.05, 0.1) is 12.2 Å². The van der Waals surface area contributed by atoms with Gasteiger partial charge in [0.15, 0.2) is 5.82 Å². The molecule has 126 valence electrons. The molecule has 6 heteroatoms. The molecule has 0 N–H and O–H groups in total. The van der Waals surface area contributed by atoms with Crippen LogP contribution in [0.15, 0.2) is 55.0 Å². The van der Waals surface area contributed by atoms with E-state index >= 15 is 0 Å². The Bertz CT molecular complexity index is 876. The average molecular weight is 333 g/mol. The van der Waals surface area contributed by atoms with Crippen LogP contribution in [0.2, 0.25) is 0 Å². The molecular formula is C19H19N5O. The van der Waals surface area contributed by atoms with Crippen molar-refractivity contribution in [2.24, 2.45) is 0 Å². The number of rotatable bonds is 4. The Balaban J connectivity index is 1.56. The number of carbonyl (C=O) groups is 1.